The Hall–Kier alpha value is -1.75. The quantitative estimate of drug-likeness (QED) is 0.366. The zero-order valence-electron chi connectivity index (χ0n) is 10.2. The predicted molar refractivity (Wildman–Crippen MR) is 65.6 cm³/mol. The van der Waals surface area contributed by atoms with Crippen LogP contribution in [0.25, 0.3) is 0 Å². The number of nitrogens with one attached hydrogen (secondary N) is 2. The first-order valence-corrected chi connectivity index (χ1v) is 6.48. The zero-order valence-corrected chi connectivity index (χ0v) is 11.0. The highest BCUT2D eigenvalue weighted by Crippen LogP contribution is 1.98. The number of nitriles is 1. The molecular formula is C10H15N3O4S. The molecule has 8 heteroatoms. The molecule has 0 heterocycles. The van der Waals surface area contributed by atoms with Crippen LogP contribution in [0.5, 0.6) is 0 Å². The third-order valence-electron chi connectivity index (χ3n) is 1.86. The van der Waals surface area contributed by atoms with E-state index in [1.807, 2.05) is 6.07 Å². The first-order valence-electron chi connectivity index (χ1n) is 5.09. The van der Waals surface area contributed by atoms with Crippen LogP contribution in [0, 0.1) is 11.3 Å². The van der Waals surface area contributed by atoms with Crippen molar-refractivity contribution in [2.75, 3.05) is 25.7 Å². The van der Waals surface area contributed by atoms with Crippen molar-refractivity contribution < 1.29 is 19.1 Å². The molecule has 2 amide bonds. The monoisotopic (exact) mass is 273 g/mol. The molecule has 0 bridgehead atoms. The molecule has 0 aromatic heterocycles. The van der Waals surface area contributed by atoms with Gasteiger partial charge in [-0.2, -0.15) is 17.0 Å². The van der Waals surface area contributed by atoms with Crippen molar-refractivity contribution in [1.29, 1.82) is 5.26 Å². The summed E-state index contributed by atoms with van der Waals surface area (Å²) in [6.45, 7) is 0.203. The van der Waals surface area contributed by atoms with E-state index in [2.05, 4.69) is 15.4 Å². The Kier molecular flexibility index (Phi) is 8.39. The van der Waals surface area contributed by atoms with Crippen molar-refractivity contribution >= 4 is 29.5 Å². The van der Waals surface area contributed by atoms with Gasteiger partial charge in [-0.05, 0) is 6.26 Å². The van der Waals surface area contributed by atoms with Crippen molar-refractivity contribution in [1.82, 2.24) is 10.6 Å². The van der Waals surface area contributed by atoms with E-state index in [0.717, 1.165) is 7.11 Å². The van der Waals surface area contributed by atoms with E-state index in [1.165, 1.54) is 11.8 Å². The predicted octanol–water partition coefficient (Wildman–Crippen LogP) is -0.963. The van der Waals surface area contributed by atoms with Gasteiger partial charge in [0, 0.05) is 12.3 Å². The minimum Gasteiger partial charge on any atom is -0.462 e. The molecule has 0 saturated carbocycles. The van der Waals surface area contributed by atoms with E-state index in [4.69, 9.17) is 5.26 Å². The lowest BCUT2D eigenvalue weighted by Crippen LogP contribution is -2.50. The molecule has 0 aromatic rings. The molecule has 7 nitrogen and oxygen atoms in total. The smallest absolute Gasteiger partial charge is 0.396 e. The van der Waals surface area contributed by atoms with Gasteiger partial charge in [-0.3, -0.25) is 9.59 Å². The van der Waals surface area contributed by atoms with Crippen LogP contribution in [-0.2, 0) is 19.1 Å². The SMILES string of the molecule is COC(=O)C(=O)NC(CSC)C(=O)NCCC#N. The van der Waals surface area contributed by atoms with Crippen molar-refractivity contribution in [3.63, 3.8) is 0 Å². The molecule has 100 valence electrons. The second kappa shape index (κ2) is 9.30. The number of thioether (sulfide) groups is 1. The van der Waals surface area contributed by atoms with Crippen LogP contribution in [0.15, 0.2) is 0 Å². The Balaban J connectivity index is 4.37. The molecule has 1 atom stereocenters. The average molecular weight is 273 g/mol. The maximum atomic E-state index is 11.7. The van der Waals surface area contributed by atoms with Gasteiger partial charge in [-0.25, -0.2) is 4.79 Å². The highest BCUT2D eigenvalue weighted by molar-refractivity contribution is 7.98. The molecule has 0 aliphatic rings. The number of methoxy groups -OCH3 is 1. The van der Waals surface area contributed by atoms with Crippen LogP contribution in [-0.4, -0.2) is 49.5 Å². The van der Waals surface area contributed by atoms with Gasteiger partial charge < -0.3 is 15.4 Å². The molecule has 18 heavy (non-hydrogen) atoms. The number of hydrogen-bond acceptors (Lipinski definition) is 6. The van der Waals surface area contributed by atoms with Gasteiger partial charge >= 0.3 is 11.9 Å². The summed E-state index contributed by atoms with van der Waals surface area (Å²) in [4.78, 5) is 33.8. The standard InChI is InChI=1S/C10H15N3O4S/c1-17-10(16)9(15)13-7(6-18-2)8(14)12-5-3-4-11/h7H,3,5-6H2,1-2H3,(H,12,14)(H,13,15). The van der Waals surface area contributed by atoms with Gasteiger partial charge in [0.05, 0.1) is 19.6 Å². The van der Waals surface area contributed by atoms with Crippen LogP contribution >= 0.6 is 11.8 Å². The molecule has 0 saturated heterocycles. The highest BCUT2D eigenvalue weighted by Gasteiger charge is 2.23. The zero-order chi connectivity index (χ0) is 14.0. The van der Waals surface area contributed by atoms with Crippen LogP contribution in [0.4, 0.5) is 0 Å². The second-order valence-corrected chi connectivity index (χ2v) is 4.08. The lowest BCUT2D eigenvalue weighted by molar-refractivity contribution is -0.153. The van der Waals surface area contributed by atoms with Gasteiger partial charge in [-0.15, -0.1) is 0 Å². The number of rotatable bonds is 6. The summed E-state index contributed by atoms with van der Waals surface area (Å²) < 4.78 is 4.24. The van der Waals surface area contributed by atoms with Crippen molar-refractivity contribution in [2.45, 2.75) is 12.5 Å². The number of carbonyl (C=O) groups excluding carboxylic acids is 3. The number of esters is 1. The molecule has 0 aromatic carbocycles. The normalized spacial score (nSPS) is 10.9. The first-order chi connectivity index (χ1) is 8.56. The van der Waals surface area contributed by atoms with E-state index < -0.39 is 23.8 Å². The summed E-state index contributed by atoms with van der Waals surface area (Å²) in [7, 11) is 1.08. The minimum atomic E-state index is -1.05. The largest absolute Gasteiger partial charge is 0.462 e. The molecule has 0 spiro atoms. The molecule has 0 rings (SSSR count). The Morgan fingerprint density at radius 2 is 2.11 bits per heavy atom. The third kappa shape index (κ3) is 6.10. The van der Waals surface area contributed by atoms with E-state index >= 15 is 0 Å². The Labute approximate surface area is 109 Å². The summed E-state index contributed by atoms with van der Waals surface area (Å²) in [6.07, 6.45) is 1.95. The summed E-state index contributed by atoms with van der Waals surface area (Å²) in [5.74, 6) is -2.13. The number of carbonyl (C=O) groups is 3. The average Bonchev–Trinajstić information content (AvgIpc) is 2.37. The van der Waals surface area contributed by atoms with Crippen LogP contribution in [0.2, 0.25) is 0 Å². The van der Waals surface area contributed by atoms with Crippen LogP contribution in [0.3, 0.4) is 0 Å². The molecule has 2 N–H and O–H groups in total. The Morgan fingerprint density at radius 1 is 1.44 bits per heavy atom. The van der Waals surface area contributed by atoms with E-state index in [0.29, 0.717) is 5.75 Å². The van der Waals surface area contributed by atoms with E-state index in [1.54, 1.807) is 6.26 Å². The first kappa shape index (κ1) is 16.2. The fourth-order valence-electron chi connectivity index (χ4n) is 1.02. The molecule has 0 radical (unpaired) electrons. The Morgan fingerprint density at radius 3 is 2.61 bits per heavy atom. The van der Waals surface area contributed by atoms with Gasteiger partial charge in [0.15, 0.2) is 0 Å². The fraction of sp³-hybridized carbons (Fsp3) is 0.600. The number of ether oxygens (including phenoxy) is 1. The summed E-state index contributed by atoms with van der Waals surface area (Å²) in [6, 6.07) is 1.05. The van der Waals surface area contributed by atoms with Crippen molar-refractivity contribution in [3.8, 4) is 6.07 Å². The topological polar surface area (TPSA) is 108 Å². The van der Waals surface area contributed by atoms with Gasteiger partial charge in [0.25, 0.3) is 0 Å². The third-order valence-corrected chi connectivity index (χ3v) is 2.53. The van der Waals surface area contributed by atoms with E-state index in [-0.39, 0.29) is 13.0 Å². The number of nitrogens with zero attached hydrogens (tertiary/aromatic N) is 1. The van der Waals surface area contributed by atoms with Crippen molar-refractivity contribution in [2.24, 2.45) is 0 Å². The van der Waals surface area contributed by atoms with Crippen LogP contribution in [0.1, 0.15) is 6.42 Å². The maximum Gasteiger partial charge on any atom is 0.396 e. The van der Waals surface area contributed by atoms with Gasteiger partial charge in [0.1, 0.15) is 6.04 Å². The minimum absolute atomic E-state index is 0.183. The summed E-state index contributed by atoms with van der Waals surface area (Å²) in [5, 5.41) is 13.1. The fourth-order valence-corrected chi connectivity index (χ4v) is 1.59. The van der Waals surface area contributed by atoms with Gasteiger partial charge in [0.2, 0.25) is 5.91 Å². The molecular weight excluding hydrogens is 258 g/mol. The number of hydrogen-bond donors (Lipinski definition) is 2. The van der Waals surface area contributed by atoms with Gasteiger partial charge in [-0.1, -0.05) is 0 Å². The Bertz CT molecular complexity index is 354. The molecule has 0 fully saturated rings. The van der Waals surface area contributed by atoms with Crippen LogP contribution < -0.4 is 10.6 Å². The van der Waals surface area contributed by atoms with Crippen molar-refractivity contribution in [3.05, 3.63) is 0 Å². The summed E-state index contributed by atoms with van der Waals surface area (Å²) >= 11 is 1.35. The number of amides is 2. The summed E-state index contributed by atoms with van der Waals surface area (Å²) in [5.41, 5.74) is 0. The highest BCUT2D eigenvalue weighted by atomic mass is 32.2. The second-order valence-electron chi connectivity index (χ2n) is 3.17. The maximum absolute atomic E-state index is 11.7. The molecule has 0 aliphatic carbocycles. The lowest BCUT2D eigenvalue weighted by atomic mass is 10.3. The lowest BCUT2D eigenvalue weighted by Gasteiger charge is -2.16. The molecule has 1 unspecified atom stereocenters. The molecule has 0 aliphatic heterocycles. The van der Waals surface area contributed by atoms with E-state index in [9.17, 15) is 14.4 Å².